The fraction of sp³-hybridized carbons (Fsp3) is 0.296. The number of nitrogens with one attached hydrogen (secondary N) is 2. The average molecular weight is 931 g/mol. The van der Waals surface area contributed by atoms with E-state index in [1.165, 1.54) is 0 Å². The van der Waals surface area contributed by atoms with Gasteiger partial charge in [-0.25, -0.2) is 26.4 Å². The first-order chi connectivity index (χ1) is 31.3. The van der Waals surface area contributed by atoms with Crippen LogP contribution in [0.4, 0.5) is 11.4 Å². The zero-order chi connectivity index (χ0) is 48.2. The van der Waals surface area contributed by atoms with Crippen LogP contribution in [0.5, 0.6) is 0 Å². The number of rotatable bonds is 19. The minimum Gasteiger partial charge on any atom is -0.478 e. The van der Waals surface area contributed by atoms with Crippen LogP contribution in [0.15, 0.2) is 143 Å². The highest BCUT2D eigenvalue weighted by Crippen LogP contribution is 2.36. The maximum atomic E-state index is 13.9. The molecule has 348 valence electrons. The van der Waals surface area contributed by atoms with Gasteiger partial charge in [0.05, 0.1) is 32.3 Å². The lowest BCUT2D eigenvalue weighted by atomic mass is 9.89. The normalized spacial score (nSPS) is 11.6. The van der Waals surface area contributed by atoms with Crippen LogP contribution in [-0.2, 0) is 52.2 Å². The lowest BCUT2D eigenvalue weighted by molar-refractivity contribution is 0.0684. The van der Waals surface area contributed by atoms with Crippen molar-refractivity contribution in [3.8, 4) is 0 Å². The van der Waals surface area contributed by atoms with Crippen LogP contribution >= 0.6 is 0 Å². The molecule has 0 radical (unpaired) electrons. The van der Waals surface area contributed by atoms with E-state index in [2.05, 4.69) is 30.2 Å². The molecule has 0 fully saturated rings. The fourth-order valence-electron chi connectivity index (χ4n) is 7.83. The second-order valence-corrected chi connectivity index (χ2v) is 20.6. The summed E-state index contributed by atoms with van der Waals surface area (Å²) in [5, 5.41) is 18.9. The van der Waals surface area contributed by atoms with Crippen molar-refractivity contribution < 1.29 is 36.6 Å². The van der Waals surface area contributed by atoms with E-state index in [1.54, 1.807) is 78.9 Å². The molecule has 12 heteroatoms. The van der Waals surface area contributed by atoms with E-state index in [1.807, 2.05) is 82.3 Å². The van der Waals surface area contributed by atoms with E-state index in [9.17, 15) is 36.6 Å². The van der Waals surface area contributed by atoms with Gasteiger partial charge in [-0.2, -0.15) is 0 Å². The Hall–Kier alpha value is -6.24. The number of carboxylic acid groups (broad SMARTS) is 2. The average Bonchev–Trinajstić information content (AvgIpc) is 3.28. The Morgan fingerprint density at radius 1 is 0.485 bits per heavy atom. The summed E-state index contributed by atoms with van der Waals surface area (Å²) in [6.45, 7) is 14.4. The second-order valence-electron chi connectivity index (χ2n) is 17.3. The summed E-state index contributed by atoms with van der Waals surface area (Å²) in [7, 11) is -7.59. The van der Waals surface area contributed by atoms with Crippen molar-refractivity contribution in [2.24, 2.45) is 0 Å². The smallest absolute Gasteiger partial charge is 0.335 e. The third kappa shape index (κ3) is 13.2. The topological polar surface area (TPSA) is 167 Å². The van der Waals surface area contributed by atoms with E-state index in [0.717, 1.165) is 51.8 Å². The number of benzene rings is 6. The summed E-state index contributed by atoms with van der Waals surface area (Å²) in [4.78, 5) is 23.6. The Balaban J connectivity index is 0.000000251. The summed E-state index contributed by atoms with van der Waals surface area (Å²) >= 11 is 0. The molecule has 0 aliphatic heterocycles. The molecule has 0 spiro atoms. The third-order valence-electron chi connectivity index (χ3n) is 11.5. The van der Waals surface area contributed by atoms with Gasteiger partial charge in [0.2, 0.25) is 0 Å². The molecule has 0 amide bonds. The molecular weight excluding hydrogens is 869 g/mol. The molecule has 0 unspecified atom stereocenters. The van der Waals surface area contributed by atoms with Crippen molar-refractivity contribution in [2.75, 3.05) is 9.44 Å². The summed E-state index contributed by atoms with van der Waals surface area (Å²) in [5.41, 5.74) is 8.51. The number of hydrogen-bond acceptors (Lipinski definition) is 6. The molecule has 0 heterocycles. The lowest BCUT2D eigenvalue weighted by Gasteiger charge is -2.23. The second kappa shape index (κ2) is 22.8. The number of carboxylic acids is 2. The predicted octanol–water partition coefficient (Wildman–Crippen LogP) is 12.3. The molecule has 6 aromatic carbocycles. The van der Waals surface area contributed by atoms with E-state index in [4.69, 9.17) is 0 Å². The van der Waals surface area contributed by atoms with Gasteiger partial charge in [-0.05, 0) is 131 Å². The number of carbonyl (C=O) groups is 2. The summed E-state index contributed by atoms with van der Waals surface area (Å²) in [5.74, 6) is -1.57. The van der Waals surface area contributed by atoms with Crippen molar-refractivity contribution in [3.05, 3.63) is 189 Å². The highest BCUT2D eigenvalue weighted by molar-refractivity contribution is 7.93. The van der Waals surface area contributed by atoms with Crippen LogP contribution in [0.25, 0.3) is 0 Å². The van der Waals surface area contributed by atoms with E-state index >= 15 is 0 Å². The van der Waals surface area contributed by atoms with Crippen molar-refractivity contribution in [2.45, 2.75) is 115 Å². The fourth-order valence-corrected chi connectivity index (χ4v) is 10.7. The first-order valence-corrected chi connectivity index (χ1v) is 25.4. The number of hydrogen-bond donors (Lipinski definition) is 4. The summed E-state index contributed by atoms with van der Waals surface area (Å²) < 4.78 is 59.1. The van der Waals surface area contributed by atoms with Crippen molar-refractivity contribution >= 4 is 43.4 Å². The zero-order valence-electron chi connectivity index (χ0n) is 38.8. The Morgan fingerprint density at radius 2 is 0.864 bits per heavy atom. The minimum absolute atomic E-state index is 0.0375. The molecule has 0 bridgehead atoms. The number of aryl methyl sites for hydroxylation is 5. The lowest BCUT2D eigenvalue weighted by Crippen LogP contribution is -2.20. The van der Waals surface area contributed by atoms with Gasteiger partial charge in [-0.3, -0.25) is 9.44 Å². The maximum absolute atomic E-state index is 13.9. The van der Waals surface area contributed by atoms with Gasteiger partial charge in [0.15, 0.2) is 0 Å². The first-order valence-electron chi connectivity index (χ1n) is 22.4. The molecule has 6 aromatic rings. The third-order valence-corrected chi connectivity index (χ3v) is 14.3. The van der Waals surface area contributed by atoms with Gasteiger partial charge in [0, 0.05) is 0 Å². The van der Waals surface area contributed by atoms with Gasteiger partial charge in [0.1, 0.15) is 0 Å². The molecule has 0 aliphatic rings. The summed E-state index contributed by atoms with van der Waals surface area (Å²) in [6, 6.07) is 39.3. The quantitative estimate of drug-likeness (QED) is 0.0623. The largest absolute Gasteiger partial charge is 0.478 e. The molecule has 0 aromatic heterocycles. The van der Waals surface area contributed by atoms with Gasteiger partial charge in [-0.1, -0.05) is 152 Å². The number of para-hydroxylation sites is 2. The standard InChI is InChI=1S/C30H37NO4S.C24H25NO4S/c1-19(2)24-17-26(20(3)4)29(27(18-24)21(5)6)36(34,35)31-28-14-10-8-12-23(28)16-15-22-11-7-9-13-25(22)30(32)33;1-2-7-18-12-16-21(17-13-18)30(28,29)25-23-11-6-4-9-20(23)15-14-19-8-3-5-10-22(19)24(26)27/h7-14,17-21,31H,15-16H2,1-6H3,(H,32,33);3-6,8-13,16-17,25H,2,7,14-15H2,1H3,(H,26,27). The molecule has 0 saturated carbocycles. The number of sulfonamides is 2. The van der Waals surface area contributed by atoms with Crippen LogP contribution in [-0.4, -0.2) is 39.0 Å². The van der Waals surface area contributed by atoms with Crippen LogP contribution in [0.1, 0.15) is 138 Å². The Morgan fingerprint density at radius 3 is 1.26 bits per heavy atom. The van der Waals surface area contributed by atoms with Crippen LogP contribution in [0.3, 0.4) is 0 Å². The molecule has 0 aliphatic carbocycles. The van der Waals surface area contributed by atoms with Gasteiger partial charge in [0.25, 0.3) is 20.0 Å². The van der Waals surface area contributed by atoms with Crippen LogP contribution in [0, 0.1) is 0 Å². The van der Waals surface area contributed by atoms with E-state index in [-0.39, 0.29) is 27.9 Å². The Bertz CT molecular complexity index is 2820. The Kier molecular flexibility index (Phi) is 17.5. The van der Waals surface area contributed by atoms with Crippen LogP contribution in [0.2, 0.25) is 0 Å². The van der Waals surface area contributed by atoms with Crippen molar-refractivity contribution in [1.29, 1.82) is 0 Å². The van der Waals surface area contributed by atoms with Crippen LogP contribution < -0.4 is 9.44 Å². The van der Waals surface area contributed by atoms with Crippen molar-refractivity contribution in [3.63, 3.8) is 0 Å². The number of aromatic carboxylic acids is 2. The van der Waals surface area contributed by atoms with E-state index < -0.39 is 32.0 Å². The monoisotopic (exact) mass is 930 g/mol. The number of anilines is 2. The zero-order valence-corrected chi connectivity index (χ0v) is 40.5. The van der Waals surface area contributed by atoms with Gasteiger partial charge >= 0.3 is 11.9 Å². The molecule has 0 saturated heterocycles. The molecular formula is C54H62N2O8S2. The molecule has 10 nitrogen and oxygen atoms in total. The molecule has 0 atom stereocenters. The summed E-state index contributed by atoms with van der Waals surface area (Å²) in [6.07, 6.45) is 3.91. The SMILES string of the molecule is CC(C)c1cc(C(C)C)c(S(=O)(=O)Nc2ccccc2CCc2ccccc2C(=O)O)c(C(C)C)c1.CCCc1ccc(S(=O)(=O)Nc2ccccc2CCc2ccccc2C(=O)O)cc1. The van der Waals surface area contributed by atoms with Gasteiger partial charge < -0.3 is 10.2 Å². The first kappa shape index (κ1) is 50.8. The predicted molar refractivity (Wildman–Crippen MR) is 265 cm³/mol. The van der Waals surface area contributed by atoms with Crippen molar-refractivity contribution in [1.82, 2.24) is 0 Å². The maximum Gasteiger partial charge on any atom is 0.335 e. The molecule has 6 rings (SSSR count). The van der Waals surface area contributed by atoms with Gasteiger partial charge in [-0.15, -0.1) is 0 Å². The Labute approximate surface area is 391 Å². The molecule has 4 N–H and O–H groups in total. The molecule has 66 heavy (non-hydrogen) atoms. The van der Waals surface area contributed by atoms with E-state index in [0.29, 0.717) is 53.4 Å². The highest BCUT2D eigenvalue weighted by Gasteiger charge is 2.28. The highest BCUT2D eigenvalue weighted by atomic mass is 32.2. The minimum atomic E-state index is -3.88.